The van der Waals surface area contributed by atoms with Gasteiger partial charge in [-0.2, -0.15) is 0 Å². The Kier molecular flexibility index (Phi) is 4.46. The number of rotatable bonds is 4. The average molecular weight is 262 g/mol. The largest absolute Gasteiger partial charge is 0.346 e. The van der Waals surface area contributed by atoms with Crippen molar-refractivity contribution in [2.75, 3.05) is 5.88 Å². The normalized spacial score (nSPS) is 14.2. The Morgan fingerprint density at radius 3 is 2.53 bits per heavy atom. The van der Waals surface area contributed by atoms with E-state index in [1.54, 1.807) is 6.92 Å². The van der Waals surface area contributed by atoms with Crippen molar-refractivity contribution in [1.29, 1.82) is 0 Å². The zero-order valence-electron chi connectivity index (χ0n) is 9.69. The molecule has 0 saturated carbocycles. The smallest absolute Gasteiger partial charge is 0.251 e. The number of amides is 1. The highest BCUT2D eigenvalue weighted by Gasteiger charge is 2.24. The zero-order valence-corrected chi connectivity index (χ0v) is 10.4. The Bertz CT molecular complexity index is 419. The molecule has 94 valence electrons. The van der Waals surface area contributed by atoms with E-state index in [1.165, 1.54) is 6.07 Å². The Morgan fingerprint density at radius 2 is 2.06 bits per heavy atom. The molecule has 0 spiro atoms. The second kappa shape index (κ2) is 5.45. The van der Waals surface area contributed by atoms with Crippen molar-refractivity contribution in [2.45, 2.75) is 25.8 Å². The maximum absolute atomic E-state index is 13.0. The van der Waals surface area contributed by atoms with Gasteiger partial charge in [-0.05, 0) is 31.5 Å². The van der Waals surface area contributed by atoms with Crippen LogP contribution >= 0.6 is 11.6 Å². The summed E-state index contributed by atoms with van der Waals surface area (Å²) in [6.45, 7) is 3.67. The molecule has 0 heterocycles. The summed E-state index contributed by atoms with van der Waals surface area (Å²) in [5.41, 5.74) is -0.475. The van der Waals surface area contributed by atoms with Gasteiger partial charge in [0.2, 0.25) is 0 Å². The topological polar surface area (TPSA) is 29.1 Å². The molecular weight excluding hydrogens is 248 g/mol. The fourth-order valence-corrected chi connectivity index (χ4v) is 1.46. The predicted molar refractivity (Wildman–Crippen MR) is 63.2 cm³/mol. The van der Waals surface area contributed by atoms with E-state index in [0.29, 0.717) is 6.42 Å². The quantitative estimate of drug-likeness (QED) is 0.829. The van der Waals surface area contributed by atoms with Crippen LogP contribution in [0, 0.1) is 11.6 Å². The van der Waals surface area contributed by atoms with E-state index in [4.69, 9.17) is 11.6 Å². The highest BCUT2D eigenvalue weighted by Crippen LogP contribution is 2.14. The zero-order chi connectivity index (χ0) is 13.1. The first-order chi connectivity index (χ1) is 7.91. The van der Waals surface area contributed by atoms with Crippen LogP contribution in [0.2, 0.25) is 0 Å². The number of halogens is 3. The molecule has 1 amide bonds. The van der Waals surface area contributed by atoms with Gasteiger partial charge in [-0.1, -0.05) is 6.92 Å². The fraction of sp³-hybridized carbons (Fsp3) is 0.417. The highest BCUT2D eigenvalue weighted by molar-refractivity contribution is 6.18. The van der Waals surface area contributed by atoms with Gasteiger partial charge in [-0.3, -0.25) is 4.79 Å². The van der Waals surface area contributed by atoms with Crippen LogP contribution in [0.25, 0.3) is 0 Å². The van der Waals surface area contributed by atoms with E-state index < -0.39 is 23.1 Å². The third-order valence-corrected chi connectivity index (χ3v) is 3.26. The van der Waals surface area contributed by atoms with Crippen LogP contribution in [-0.2, 0) is 0 Å². The summed E-state index contributed by atoms with van der Waals surface area (Å²) < 4.78 is 25.7. The number of hydrogen-bond acceptors (Lipinski definition) is 1. The summed E-state index contributed by atoms with van der Waals surface area (Å²) in [5.74, 6) is -2.23. The summed E-state index contributed by atoms with van der Waals surface area (Å²) in [6, 6.07) is 3.03. The van der Waals surface area contributed by atoms with Crippen LogP contribution in [0.15, 0.2) is 18.2 Å². The molecule has 0 saturated heterocycles. The lowest BCUT2D eigenvalue weighted by Gasteiger charge is -2.27. The summed E-state index contributed by atoms with van der Waals surface area (Å²) in [7, 11) is 0. The molecule has 17 heavy (non-hydrogen) atoms. The van der Waals surface area contributed by atoms with Crippen molar-refractivity contribution >= 4 is 17.5 Å². The van der Waals surface area contributed by atoms with Crippen molar-refractivity contribution in [3.8, 4) is 0 Å². The average Bonchev–Trinajstić information content (AvgIpc) is 2.32. The Morgan fingerprint density at radius 1 is 1.41 bits per heavy atom. The highest BCUT2D eigenvalue weighted by atomic mass is 35.5. The fourth-order valence-electron chi connectivity index (χ4n) is 1.20. The second-order valence-corrected chi connectivity index (χ2v) is 4.40. The molecule has 1 N–H and O–H groups in total. The standard InChI is InChI=1S/C12H14ClF2NO/c1-3-12(2,7-13)16-11(17)8-4-5-9(14)10(15)6-8/h4-6H,3,7H2,1-2H3,(H,16,17). The molecule has 0 aliphatic carbocycles. The number of hydrogen-bond donors (Lipinski definition) is 1. The molecule has 1 aromatic carbocycles. The van der Waals surface area contributed by atoms with Crippen LogP contribution in [0.5, 0.6) is 0 Å². The van der Waals surface area contributed by atoms with Crippen LogP contribution < -0.4 is 5.32 Å². The molecule has 1 aromatic rings. The van der Waals surface area contributed by atoms with Crippen molar-refractivity contribution in [2.24, 2.45) is 0 Å². The van der Waals surface area contributed by atoms with E-state index in [0.717, 1.165) is 12.1 Å². The van der Waals surface area contributed by atoms with Gasteiger partial charge in [-0.25, -0.2) is 8.78 Å². The first kappa shape index (κ1) is 13.9. The van der Waals surface area contributed by atoms with Crippen LogP contribution in [0.1, 0.15) is 30.6 Å². The van der Waals surface area contributed by atoms with Crippen molar-refractivity contribution in [1.82, 2.24) is 5.32 Å². The lowest BCUT2D eigenvalue weighted by Crippen LogP contribution is -2.47. The molecule has 2 nitrogen and oxygen atoms in total. The minimum absolute atomic E-state index is 0.0775. The first-order valence-electron chi connectivity index (χ1n) is 5.25. The monoisotopic (exact) mass is 261 g/mol. The molecule has 0 bridgehead atoms. The molecule has 1 atom stereocenters. The molecule has 0 aliphatic heterocycles. The molecular formula is C12H14ClF2NO. The van der Waals surface area contributed by atoms with E-state index in [1.807, 2.05) is 6.92 Å². The maximum Gasteiger partial charge on any atom is 0.251 e. The van der Waals surface area contributed by atoms with Crippen molar-refractivity contribution < 1.29 is 13.6 Å². The number of benzene rings is 1. The third-order valence-electron chi connectivity index (χ3n) is 2.67. The van der Waals surface area contributed by atoms with Crippen molar-refractivity contribution in [3.05, 3.63) is 35.4 Å². The molecule has 1 unspecified atom stereocenters. The van der Waals surface area contributed by atoms with E-state index in [2.05, 4.69) is 5.32 Å². The second-order valence-electron chi connectivity index (χ2n) is 4.13. The van der Waals surface area contributed by atoms with Crippen molar-refractivity contribution in [3.63, 3.8) is 0 Å². The Hall–Kier alpha value is -1.16. The van der Waals surface area contributed by atoms with E-state index in [9.17, 15) is 13.6 Å². The SMILES string of the molecule is CCC(C)(CCl)NC(=O)c1ccc(F)c(F)c1. The Labute approximate surface area is 104 Å². The Balaban J connectivity index is 2.86. The first-order valence-corrected chi connectivity index (χ1v) is 5.79. The number of alkyl halides is 1. The van der Waals surface area contributed by atoms with Crippen LogP contribution in [-0.4, -0.2) is 17.3 Å². The summed E-state index contributed by atoms with van der Waals surface area (Å²) >= 11 is 5.75. The molecule has 0 radical (unpaired) electrons. The minimum Gasteiger partial charge on any atom is -0.346 e. The van der Waals surface area contributed by atoms with E-state index in [-0.39, 0.29) is 11.4 Å². The summed E-state index contributed by atoms with van der Waals surface area (Å²) in [5, 5.41) is 2.70. The number of carbonyl (C=O) groups is 1. The lowest BCUT2D eigenvalue weighted by atomic mass is 10.0. The van der Waals surface area contributed by atoms with Gasteiger partial charge in [0.1, 0.15) is 0 Å². The maximum atomic E-state index is 13.0. The van der Waals surface area contributed by atoms with E-state index >= 15 is 0 Å². The van der Waals surface area contributed by atoms with Gasteiger partial charge >= 0.3 is 0 Å². The minimum atomic E-state index is -1.04. The van der Waals surface area contributed by atoms with Gasteiger partial charge in [0.15, 0.2) is 11.6 Å². The van der Waals surface area contributed by atoms with Crippen LogP contribution in [0.3, 0.4) is 0 Å². The van der Waals surface area contributed by atoms with Crippen LogP contribution in [0.4, 0.5) is 8.78 Å². The number of nitrogens with one attached hydrogen (secondary N) is 1. The van der Waals surface area contributed by atoms with Gasteiger partial charge < -0.3 is 5.32 Å². The third kappa shape index (κ3) is 3.40. The molecule has 0 fully saturated rings. The van der Waals surface area contributed by atoms with Gasteiger partial charge in [0, 0.05) is 11.4 Å². The lowest BCUT2D eigenvalue weighted by molar-refractivity contribution is 0.0912. The predicted octanol–water partition coefficient (Wildman–Crippen LogP) is 3.10. The summed E-state index contributed by atoms with van der Waals surface area (Å²) in [4.78, 5) is 11.8. The molecule has 0 aromatic heterocycles. The molecule has 5 heteroatoms. The summed E-state index contributed by atoms with van der Waals surface area (Å²) in [6.07, 6.45) is 0.645. The molecule has 1 rings (SSSR count). The van der Waals surface area contributed by atoms with Gasteiger partial charge in [0.25, 0.3) is 5.91 Å². The van der Waals surface area contributed by atoms with Gasteiger partial charge in [0.05, 0.1) is 5.54 Å². The van der Waals surface area contributed by atoms with Gasteiger partial charge in [-0.15, -0.1) is 11.6 Å². The number of carbonyl (C=O) groups excluding carboxylic acids is 1. The molecule has 0 aliphatic rings.